The van der Waals surface area contributed by atoms with Crippen LogP contribution in [-0.2, 0) is 24.2 Å². The Morgan fingerprint density at radius 3 is 2.68 bits per heavy atom. The topological polar surface area (TPSA) is 108 Å². The summed E-state index contributed by atoms with van der Waals surface area (Å²) in [6.07, 6.45) is 2.02. The zero-order valence-electron chi connectivity index (χ0n) is 21.2. The fraction of sp³-hybridized carbons (Fsp3) is 0.385. The summed E-state index contributed by atoms with van der Waals surface area (Å²) in [5.41, 5.74) is 1.91. The van der Waals surface area contributed by atoms with Gasteiger partial charge in [0.2, 0.25) is 0 Å². The molecule has 1 saturated heterocycles. The summed E-state index contributed by atoms with van der Waals surface area (Å²) in [6.45, 7) is 1.85. The average Bonchev–Trinajstić information content (AvgIpc) is 3.30. The summed E-state index contributed by atoms with van der Waals surface area (Å²) in [7, 11) is 3.09. The summed E-state index contributed by atoms with van der Waals surface area (Å²) >= 11 is 0. The van der Waals surface area contributed by atoms with Gasteiger partial charge in [0.05, 0.1) is 23.3 Å². The van der Waals surface area contributed by atoms with Crippen molar-refractivity contribution in [1.29, 1.82) is 0 Å². The maximum absolute atomic E-state index is 13.3. The number of nitrogens with zero attached hydrogens (tertiary/aromatic N) is 5. The molecule has 198 valence electrons. The molecule has 10 nitrogen and oxygen atoms in total. The predicted octanol–water partition coefficient (Wildman–Crippen LogP) is 3.07. The lowest BCUT2D eigenvalue weighted by Crippen LogP contribution is -2.40. The number of rotatable bonds is 10. The molecule has 0 aliphatic carbocycles. The van der Waals surface area contributed by atoms with Gasteiger partial charge in [-0.2, -0.15) is 0 Å². The van der Waals surface area contributed by atoms with Crippen molar-refractivity contribution in [3.63, 3.8) is 0 Å². The number of carbonyl (C=O) groups excluding carboxylic acids is 1. The van der Waals surface area contributed by atoms with Crippen molar-refractivity contribution in [2.75, 3.05) is 47.4 Å². The first kappa shape index (κ1) is 27.0. The zero-order valence-corrected chi connectivity index (χ0v) is 22.0. The quantitative estimate of drug-likeness (QED) is 0.317. The second-order valence-corrected chi connectivity index (χ2v) is 9.87. The Balaban J connectivity index is 1.51. The molecule has 1 unspecified atom stereocenters. The Hall–Kier alpha value is -3.09. The number of aliphatic hydroxyl groups excluding tert-OH is 1. The highest BCUT2D eigenvalue weighted by atomic mass is 32.2. The first-order valence-corrected chi connectivity index (χ1v) is 13.1. The zero-order chi connectivity index (χ0) is 26.4. The molecule has 2 atom stereocenters. The maximum Gasteiger partial charge on any atom is 0.260 e. The second kappa shape index (κ2) is 12.4. The highest BCUT2D eigenvalue weighted by Gasteiger charge is 2.28. The molecular weight excluding hydrogens is 494 g/mol. The van der Waals surface area contributed by atoms with E-state index in [1.807, 2.05) is 36.4 Å². The molecule has 1 N–H and O–H groups in total. The molecule has 0 bridgehead atoms. The van der Waals surface area contributed by atoms with Gasteiger partial charge in [0.1, 0.15) is 5.75 Å². The van der Waals surface area contributed by atoms with Crippen LogP contribution < -0.4 is 4.74 Å². The van der Waals surface area contributed by atoms with Gasteiger partial charge in [-0.3, -0.25) is 14.7 Å². The van der Waals surface area contributed by atoms with Crippen LogP contribution in [0.25, 0.3) is 10.9 Å². The number of aliphatic hydroxyl groups is 1. The van der Waals surface area contributed by atoms with Crippen molar-refractivity contribution in [3.8, 4) is 5.75 Å². The van der Waals surface area contributed by atoms with E-state index in [9.17, 15) is 14.1 Å². The van der Waals surface area contributed by atoms with E-state index in [0.717, 1.165) is 18.5 Å². The van der Waals surface area contributed by atoms with E-state index in [2.05, 4.69) is 14.2 Å². The molecule has 3 aromatic rings. The molecule has 4 rings (SSSR count). The third-order valence-electron chi connectivity index (χ3n) is 6.17. The number of likely N-dealkylation sites (N-methyl/N-ethyl adjacent to an activating group) is 1. The van der Waals surface area contributed by atoms with Crippen LogP contribution in [0, 0.1) is 0 Å². The number of carbonyl (C=O) groups is 1. The average molecular weight is 527 g/mol. The Bertz CT molecular complexity index is 1300. The van der Waals surface area contributed by atoms with E-state index in [1.54, 1.807) is 50.4 Å². The van der Waals surface area contributed by atoms with Crippen molar-refractivity contribution in [2.24, 2.45) is 4.36 Å². The van der Waals surface area contributed by atoms with E-state index in [1.165, 1.54) is 5.06 Å². The number of amides is 1. The van der Waals surface area contributed by atoms with Crippen LogP contribution in [0.3, 0.4) is 0 Å². The first-order valence-electron chi connectivity index (χ1n) is 12.0. The molecule has 1 aliphatic heterocycles. The molecule has 1 aromatic heterocycles. The van der Waals surface area contributed by atoms with Gasteiger partial charge < -0.3 is 27.6 Å². The molecular formula is C26H32N5O5S-. The Morgan fingerprint density at radius 2 is 1.97 bits per heavy atom. The fourth-order valence-electron chi connectivity index (χ4n) is 4.32. The third-order valence-corrected chi connectivity index (χ3v) is 6.94. The molecule has 1 fully saturated rings. The lowest BCUT2D eigenvalue weighted by molar-refractivity contribution is -0.134. The number of hydrogen-bond acceptors (Lipinski definition) is 10. The van der Waals surface area contributed by atoms with Gasteiger partial charge in [-0.1, -0.05) is 30.3 Å². The van der Waals surface area contributed by atoms with Gasteiger partial charge in [-0.25, -0.2) is 5.06 Å². The first-order chi connectivity index (χ1) is 17.8. The summed E-state index contributed by atoms with van der Waals surface area (Å²) in [5.74, 6) is 0.293. The second-order valence-electron chi connectivity index (χ2n) is 9.10. The van der Waals surface area contributed by atoms with Crippen LogP contribution in [-0.4, -0.2) is 84.3 Å². The minimum Gasteiger partial charge on any atom is -0.483 e. The number of ether oxygens (including phenoxy) is 1. The Morgan fingerprint density at radius 1 is 1.19 bits per heavy atom. The van der Waals surface area contributed by atoms with E-state index in [4.69, 9.17) is 9.02 Å². The summed E-state index contributed by atoms with van der Waals surface area (Å²) in [4.78, 5) is 21.5. The molecule has 0 radical (unpaired) electrons. The lowest BCUT2D eigenvalue weighted by Gasteiger charge is -2.32. The third kappa shape index (κ3) is 7.02. The molecule has 2 heterocycles. The van der Waals surface area contributed by atoms with Gasteiger partial charge in [0.25, 0.3) is 5.91 Å². The van der Waals surface area contributed by atoms with Crippen LogP contribution >= 0.6 is 0 Å². The summed E-state index contributed by atoms with van der Waals surface area (Å²) in [5, 5.41) is 11.9. The number of aromatic nitrogens is 1. The molecule has 0 saturated carbocycles. The molecule has 0 spiro atoms. The monoisotopic (exact) mass is 526 g/mol. The van der Waals surface area contributed by atoms with Gasteiger partial charge in [-0.15, -0.1) is 0 Å². The van der Waals surface area contributed by atoms with E-state index < -0.39 is 10.9 Å². The van der Waals surface area contributed by atoms with Crippen molar-refractivity contribution < 1.29 is 23.1 Å². The van der Waals surface area contributed by atoms with Gasteiger partial charge >= 0.3 is 0 Å². The number of pyridine rings is 1. The minimum absolute atomic E-state index is 0.168. The lowest BCUT2D eigenvalue weighted by atomic mass is 10.0. The van der Waals surface area contributed by atoms with Crippen molar-refractivity contribution >= 4 is 33.4 Å². The Labute approximate surface area is 218 Å². The summed E-state index contributed by atoms with van der Waals surface area (Å²) in [6, 6.07) is 16.6. The number of β-amino-alcohol motifs (C(OH)–C–C–N with tert-alkyl or cyclic N) is 1. The molecule has 11 heteroatoms. The standard InChI is InChI=1S/C26H32N5O5S/c1-29(2)36-37(34)28-22-11-12-24(21-10-7-14-27-26(21)22)35-18-25(33)30(3)23(19-8-5-4-6-9-19)17-31-15-13-20(32)16-31/h4-12,14,20,23,32H,13,15-18H2,1-3H3/q-1/t20-,23?/m0/s1. The number of hydrogen-bond donors (Lipinski definition) is 1. The summed E-state index contributed by atoms with van der Waals surface area (Å²) < 4.78 is 27.2. The molecule has 1 aliphatic rings. The van der Waals surface area contributed by atoms with Crippen molar-refractivity contribution in [1.82, 2.24) is 19.8 Å². The maximum atomic E-state index is 13.3. The van der Waals surface area contributed by atoms with E-state index >= 15 is 0 Å². The largest absolute Gasteiger partial charge is 0.483 e. The van der Waals surface area contributed by atoms with Crippen LogP contribution in [0.15, 0.2) is 65.2 Å². The van der Waals surface area contributed by atoms with Crippen molar-refractivity contribution in [3.05, 3.63) is 66.4 Å². The predicted molar refractivity (Wildman–Crippen MR) is 141 cm³/mol. The normalized spacial score (nSPS) is 17.8. The molecule has 2 aromatic carbocycles. The molecule has 1 amide bonds. The highest BCUT2D eigenvalue weighted by Crippen LogP contribution is 2.32. The smallest absolute Gasteiger partial charge is 0.260 e. The van der Waals surface area contributed by atoms with Crippen LogP contribution in [0.4, 0.5) is 5.69 Å². The Kier molecular flexibility index (Phi) is 9.06. The molecule has 37 heavy (non-hydrogen) atoms. The SMILES string of the molecule is CN(C)O[S-](=O)=Nc1ccc(OCC(=O)N(C)C(CN2CC[C@H](O)C2)c2ccccc2)c2cccnc12. The number of likely N-dealkylation sites (tertiary alicyclic amines) is 1. The van der Waals surface area contributed by atoms with Crippen LogP contribution in [0.1, 0.15) is 18.0 Å². The highest BCUT2D eigenvalue weighted by molar-refractivity contribution is 7.69. The van der Waals surface area contributed by atoms with E-state index in [0.29, 0.717) is 35.4 Å². The van der Waals surface area contributed by atoms with E-state index in [-0.39, 0.29) is 24.7 Å². The number of hydroxylamine groups is 2. The van der Waals surface area contributed by atoms with Crippen LogP contribution in [0.2, 0.25) is 0 Å². The van der Waals surface area contributed by atoms with Gasteiger partial charge in [0, 0.05) is 52.4 Å². The van der Waals surface area contributed by atoms with Gasteiger partial charge in [-0.05, 0) is 47.1 Å². The number of fused-ring (bicyclic) bond motifs is 1. The number of benzene rings is 2. The fourth-order valence-corrected chi connectivity index (χ4v) is 4.92. The van der Waals surface area contributed by atoms with Crippen molar-refractivity contribution in [2.45, 2.75) is 18.6 Å². The van der Waals surface area contributed by atoms with Crippen LogP contribution in [0.5, 0.6) is 5.75 Å². The minimum atomic E-state index is -1.92. The van der Waals surface area contributed by atoms with Gasteiger partial charge in [0.15, 0.2) is 6.61 Å².